The highest BCUT2D eigenvalue weighted by atomic mass is 35.5. The molecule has 1 nitrogen and oxygen atoms in total. The maximum atomic E-state index is 6.29. The van der Waals surface area contributed by atoms with Gasteiger partial charge in [-0.05, 0) is 48.6 Å². The Labute approximate surface area is 124 Å². The molecule has 0 fully saturated rings. The first-order valence-electron chi connectivity index (χ1n) is 6.25. The van der Waals surface area contributed by atoms with Crippen LogP contribution >= 0.6 is 23.2 Å². The summed E-state index contributed by atoms with van der Waals surface area (Å²) >= 11 is 12.3. The Morgan fingerprint density at radius 2 is 1.58 bits per heavy atom. The van der Waals surface area contributed by atoms with Crippen molar-refractivity contribution in [2.75, 3.05) is 0 Å². The van der Waals surface area contributed by atoms with E-state index in [4.69, 9.17) is 28.9 Å². The fraction of sp³-hybridized carbons (Fsp3) is 0.250. The first kappa shape index (κ1) is 14.4. The Morgan fingerprint density at radius 1 is 1.00 bits per heavy atom. The minimum atomic E-state index is -0.147. The van der Waals surface area contributed by atoms with Gasteiger partial charge in [-0.3, -0.25) is 0 Å². The summed E-state index contributed by atoms with van der Waals surface area (Å²) in [6, 6.07) is 11.7. The van der Waals surface area contributed by atoms with Crippen LogP contribution in [0.15, 0.2) is 36.4 Å². The van der Waals surface area contributed by atoms with Gasteiger partial charge < -0.3 is 5.73 Å². The van der Waals surface area contributed by atoms with Gasteiger partial charge in [-0.2, -0.15) is 0 Å². The first-order valence-corrected chi connectivity index (χ1v) is 7.01. The summed E-state index contributed by atoms with van der Waals surface area (Å²) in [5.41, 5.74) is 11.0. The van der Waals surface area contributed by atoms with Gasteiger partial charge in [0.05, 0.1) is 10.0 Å². The van der Waals surface area contributed by atoms with Crippen LogP contribution in [0.5, 0.6) is 0 Å². The summed E-state index contributed by atoms with van der Waals surface area (Å²) in [5.74, 6) is 0. The molecule has 2 aromatic rings. The standard InChI is InChI=1S/C16H17Cl2N/c1-10-5-3-6-11(2)13(10)9-15(19)12-7-4-8-14(17)16(12)18/h3-8,15H,9,19H2,1-2H3. The van der Waals surface area contributed by atoms with E-state index in [1.807, 2.05) is 12.1 Å². The van der Waals surface area contributed by atoms with Gasteiger partial charge in [0.15, 0.2) is 0 Å². The van der Waals surface area contributed by atoms with Crippen LogP contribution in [0.2, 0.25) is 10.0 Å². The molecule has 1 unspecified atom stereocenters. The molecule has 0 aromatic heterocycles. The predicted octanol–water partition coefficient (Wildman–Crippen LogP) is 4.85. The topological polar surface area (TPSA) is 26.0 Å². The lowest BCUT2D eigenvalue weighted by Gasteiger charge is -2.17. The zero-order valence-corrected chi connectivity index (χ0v) is 12.6. The molecule has 1 atom stereocenters. The molecule has 0 heterocycles. The number of rotatable bonds is 3. The molecule has 0 radical (unpaired) electrons. The third-order valence-corrected chi connectivity index (χ3v) is 4.28. The van der Waals surface area contributed by atoms with Crippen molar-refractivity contribution in [3.05, 3.63) is 68.7 Å². The van der Waals surface area contributed by atoms with Crippen LogP contribution in [0.1, 0.15) is 28.3 Å². The molecule has 19 heavy (non-hydrogen) atoms. The van der Waals surface area contributed by atoms with Gasteiger partial charge in [-0.25, -0.2) is 0 Å². The van der Waals surface area contributed by atoms with E-state index in [1.54, 1.807) is 6.07 Å². The minimum absolute atomic E-state index is 0.147. The first-order chi connectivity index (χ1) is 9.00. The molecule has 0 amide bonds. The lowest BCUT2D eigenvalue weighted by atomic mass is 9.93. The molecule has 0 aliphatic heterocycles. The van der Waals surface area contributed by atoms with Crippen molar-refractivity contribution in [1.82, 2.24) is 0 Å². The maximum absolute atomic E-state index is 6.29. The number of nitrogens with two attached hydrogens (primary N) is 1. The number of hydrogen-bond acceptors (Lipinski definition) is 1. The lowest BCUT2D eigenvalue weighted by molar-refractivity contribution is 0.716. The van der Waals surface area contributed by atoms with E-state index in [-0.39, 0.29) is 6.04 Å². The van der Waals surface area contributed by atoms with Crippen molar-refractivity contribution >= 4 is 23.2 Å². The highest BCUT2D eigenvalue weighted by molar-refractivity contribution is 6.42. The molecule has 0 aliphatic carbocycles. The van der Waals surface area contributed by atoms with Crippen LogP contribution in [0.4, 0.5) is 0 Å². The van der Waals surface area contributed by atoms with Gasteiger partial charge >= 0.3 is 0 Å². The smallest absolute Gasteiger partial charge is 0.0640 e. The Morgan fingerprint density at radius 3 is 2.21 bits per heavy atom. The van der Waals surface area contributed by atoms with E-state index in [1.165, 1.54) is 16.7 Å². The second kappa shape index (κ2) is 5.96. The van der Waals surface area contributed by atoms with E-state index in [0.29, 0.717) is 10.0 Å². The zero-order valence-electron chi connectivity index (χ0n) is 11.1. The zero-order chi connectivity index (χ0) is 14.0. The molecule has 0 saturated heterocycles. The van der Waals surface area contributed by atoms with Crippen LogP contribution in [-0.4, -0.2) is 0 Å². The molecule has 2 aromatic carbocycles. The predicted molar refractivity (Wildman–Crippen MR) is 83.0 cm³/mol. The highest BCUT2D eigenvalue weighted by Crippen LogP contribution is 2.31. The molecule has 2 N–H and O–H groups in total. The monoisotopic (exact) mass is 293 g/mol. The van der Waals surface area contributed by atoms with Gasteiger partial charge in [0, 0.05) is 6.04 Å². The number of aryl methyl sites for hydroxylation is 2. The average molecular weight is 294 g/mol. The third kappa shape index (κ3) is 3.11. The van der Waals surface area contributed by atoms with E-state index in [0.717, 1.165) is 12.0 Å². The summed E-state index contributed by atoms with van der Waals surface area (Å²) < 4.78 is 0. The number of hydrogen-bond donors (Lipinski definition) is 1. The third-order valence-electron chi connectivity index (χ3n) is 3.45. The van der Waals surface area contributed by atoms with Crippen molar-refractivity contribution in [2.45, 2.75) is 26.3 Å². The molecule has 100 valence electrons. The number of benzene rings is 2. The van der Waals surface area contributed by atoms with Crippen molar-refractivity contribution in [2.24, 2.45) is 5.73 Å². The number of halogens is 2. The van der Waals surface area contributed by atoms with Crippen molar-refractivity contribution < 1.29 is 0 Å². The Balaban J connectivity index is 2.31. The maximum Gasteiger partial charge on any atom is 0.0640 e. The summed E-state index contributed by atoms with van der Waals surface area (Å²) in [6.45, 7) is 4.21. The van der Waals surface area contributed by atoms with Gasteiger partial charge in [-0.15, -0.1) is 0 Å². The van der Waals surface area contributed by atoms with Crippen LogP contribution in [0, 0.1) is 13.8 Å². The van der Waals surface area contributed by atoms with Crippen LogP contribution in [0.3, 0.4) is 0 Å². The molecule has 2 rings (SSSR count). The molecule has 0 saturated carbocycles. The Kier molecular flexibility index (Phi) is 4.51. The van der Waals surface area contributed by atoms with Crippen molar-refractivity contribution in [3.63, 3.8) is 0 Å². The lowest BCUT2D eigenvalue weighted by Crippen LogP contribution is -2.15. The normalized spacial score (nSPS) is 12.5. The largest absolute Gasteiger partial charge is 0.324 e. The van der Waals surface area contributed by atoms with E-state index in [2.05, 4.69) is 32.0 Å². The SMILES string of the molecule is Cc1cccc(C)c1CC(N)c1cccc(Cl)c1Cl. The summed E-state index contributed by atoms with van der Waals surface area (Å²) in [7, 11) is 0. The average Bonchev–Trinajstić information content (AvgIpc) is 2.37. The Bertz CT molecular complexity index is 573. The van der Waals surface area contributed by atoms with E-state index < -0.39 is 0 Å². The minimum Gasteiger partial charge on any atom is -0.324 e. The quantitative estimate of drug-likeness (QED) is 0.860. The van der Waals surface area contributed by atoms with Crippen LogP contribution < -0.4 is 5.73 Å². The van der Waals surface area contributed by atoms with Crippen LogP contribution in [0.25, 0.3) is 0 Å². The Hall–Kier alpha value is -1.02. The molecule has 0 spiro atoms. The van der Waals surface area contributed by atoms with Crippen LogP contribution in [-0.2, 0) is 6.42 Å². The second-order valence-electron chi connectivity index (χ2n) is 4.82. The van der Waals surface area contributed by atoms with E-state index in [9.17, 15) is 0 Å². The van der Waals surface area contributed by atoms with E-state index >= 15 is 0 Å². The molecular weight excluding hydrogens is 277 g/mol. The highest BCUT2D eigenvalue weighted by Gasteiger charge is 2.14. The second-order valence-corrected chi connectivity index (χ2v) is 5.61. The van der Waals surface area contributed by atoms with Gasteiger partial charge in [0.25, 0.3) is 0 Å². The van der Waals surface area contributed by atoms with Gasteiger partial charge in [-0.1, -0.05) is 53.5 Å². The summed E-state index contributed by atoms with van der Waals surface area (Å²) in [6.07, 6.45) is 0.762. The van der Waals surface area contributed by atoms with Gasteiger partial charge in [0.2, 0.25) is 0 Å². The fourth-order valence-corrected chi connectivity index (χ4v) is 2.76. The van der Waals surface area contributed by atoms with Crippen molar-refractivity contribution in [3.8, 4) is 0 Å². The molecule has 3 heteroatoms. The van der Waals surface area contributed by atoms with Crippen molar-refractivity contribution in [1.29, 1.82) is 0 Å². The summed E-state index contributed by atoms with van der Waals surface area (Å²) in [5, 5.41) is 1.11. The summed E-state index contributed by atoms with van der Waals surface area (Å²) in [4.78, 5) is 0. The molecule has 0 bridgehead atoms. The molecular formula is C16H17Cl2N. The fourth-order valence-electron chi connectivity index (χ4n) is 2.31. The molecule has 0 aliphatic rings. The van der Waals surface area contributed by atoms with Gasteiger partial charge in [0.1, 0.15) is 0 Å².